The SMILES string of the molecule is CCCCCCC(C)(C)c1nnc(C(C)(CCCCCC)CCCCCC)s1. The van der Waals surface area contributed by atoms with Crippen LogP contribution in [0.3, 0.4) is 0 Å². The average Bonchev–Trinajstić information content (AvgIpc) is 3.18. The zero-order chi connectivity index (χ0) is 20.9. The van der Waals surface area contributed by atoms with E-state index in [1.54, 1.807) is 0 Å². The smallest absolute Gasteiger partial charge is 0.123 e. The predicted molar refractivity (Wildman–Crippen MR) is 127 cm³/mol. The zero-order valence-corrected chi connectivity index (χ0v) is 20.7. The lowest BCUT2D eigenvalue weighted by atomic mass is 9.80. The lowest BCUT2D eigenvalue weighted by Crippen LogP contribution is -2.22. The molecule has 0 saturated carbocycles. The number of hydrogen-bond acceptors (Lipinski definition) is 3. The minimum absolute atomic E-state index is 0.162. The van der Waals surface area contributed by atoms with E-state index in [9.17, 15) is 0 Å². The van der Waals surface area contributed by atoms with Crippen LogP contribution in [0.1, 0.15) is 148 Å². The van der Waals surface area contributed by atoms with E-state index in [1.165, 1.54) is 106 Å². The van der Waals surface area contributed by atoms with Gasteiger partial charge in [-0.25, -0.2) is 0 Å². The molecule has 0 atom stereocenters. The van der Waals surface area contributed by atoms with Gasteiger partial charge in [0.2, 0.25) is 0 Å². The summed E-state index contributed by atoms with van der Waals surface area (Å²) in [5, 5.41) is 12.0. The van der Waals surface area contributed by atoms with Crippen LogP contribution in [0.4, 0.5) is 0 Å². The van der Waals surface area contributed by atoms with Crippen LogP contribution in [0.15, 0.2) is 0 Å². The van der Waals surface area contributed by atoms with Crippen LogP contribution in [-0.4, -0.2) is 10.2 Å². The van der Waals surface area contributed by atoms with Gasteiger partial charge in [0.25, 0.3) is 0 Å². The minimum Gasteiger partial charge on any atom is -0.143 e. The molecule has 0 radical (unpaired) electrons. The van der Waals surface area contributed by atoms with Crippen LogP contribution in [-0.2, 0) is 10.8 Å². The number of aromatic nitrogens is 2. The number of nitrogens with zero attached hydrogens (tertiary/aromatic N) is 2. The van der Waals surface area contributed by atoms with Crippen LogP contribution in [0.2, 0.25) is 0 Å². The Morgan fingerprint density at radius 1 is 0.571 bits per heavy atom. The molecule has 2 nitrogen and oxygen atoms in total. The van der Waals surface area contributed by atoms with E-state index in [0.717, 1.165) is 0 Å². The van der Waals surface area contributed by atoms with Gasteiger partial charge in [-0.05, 0) is 19.3 Å². The fourth-order valence-corrected chi connectivity index (χ4v) is 5.24. The molecule has 0 spiro atoms. The van der Waals surface area contributed by atoms with E-state index < -0.39 is 0 Å². The van der Waals surface area contributed by atoms with Crippen LogP contribution in [0.25, 0.3) is 0 Å². The first-order chi connectivity index (χ1) is 13.4. The van der Waals surface area contributed by atoms with Crippen molar-refractivity contribution < 1.29 is 0 Å². The lowest BCUT2D eigenvalue weighted by Gasteiger charge is -2.27. The molecule has 1 heterocycles. The van der Waals surface area contributed by atoms with Crippen molar-refractivity contribution in [1.82, 2.24) is 10.2 Å². The quantitative estimate of drug-likeness (QED) is 0.240. The molecule has 0 amide bonds. The summed E-state index contributed by atoms with van der Waals surface area (Å²) >= 11 is 1.92. The molecule has 0 aliphatic rings. The van der Waals surface area contributed by atoms with Crippen molar-refractivity contribution in [3.8, 4) is 0 Å². The molecule has 0 aliphatic carbocycles. The van der Waals surface area contributed by atoms with E-state index in [4.69, 9.17) is 10.2 Å². The number of hydrogen-bond donors (Lipinski definition) is 0. The summed E-state index contributed by atoms with van der Waals surface area (Å²) in [7, 11) is 0. The molecule has 28 heavy (non-hydrogen) atoms. The van der Waals surface area contributed by atoms with Gasteiger partial charge in [0.1, 0.15) is 10.0 Å². The van der Waals surface area contributed by atoms with Crippen LogP contribution in [0.5, 0.6) is 0 Å². The third kappa shape index (κ3) is 8.93. The van der Waals surface area contributed by atoms with Crippen molar-refractivity contribution in [2.75, 3.05) is 0 Å². The average molecular weight is 409 g/mol. The normalized spacial score (nSPS) is 12.6. The maximum Gasteiger partial charge on any atom is 0.123 e. The molecular weight excluding hydrogens is 360 g/mol. The molecule has 0 aromatic carbocycles. The van der Waals surface area contributed by atoms with Crippen molar-refractivity contribution in [3.63, 3.8) is 0 Å². The van der Waals surface area contributed by atoms with Crippen LogP contribution in [0, 0.1) is 0 Å². The molecule has 0 fully saturated rings. The highest BCUT2D eigenvalue weighted by atomic mass is 32.1. The molecule has 1 aromatic rings. The summed E-state index contributed by atoms with van der Waals surface area (Å²) < 4.78 is 0. The first-order valence-electron chi connectivity index (χ1n) is 12.2. The number of rotatable bonds is 17. The van der Waals surface area contributed by atoms with Gasteiger partial charge < -0.3 is 0 Å². The molecule has 0 unspecified atom stereocenters. The highest BCUT2D eigenvalue weighted by Gasteiger charge is 2.33. The fraction of sp³-hybridized carbons (Fsp3) is 0.920. The van der Waals surface area contributed by atoms with E-state index in [-0.39, 0.29) is 10.8 Å². The Hall–Kier alpha value is -0.440. The Kier molecular flexibility index (Phi) is 12.5. The standard InChI is InChI=1S/C25H48N2S/c1-7-10-13-16-19-24(4,5)22-26-27-23(28-22)25(6,20-17-14-11-8-2)21-18-15-12-9-3/h7-21H2,1-6H3. The van der Waals surface area contributed by atoms with E-state index in [1.807, 2.05) is 11.3 Å². The molecule has 1 rings (SSSR count). The Labute approximate surface area is 180 Å². The van der Waals surface area contributed by atoms with Gasteiger partial charge in [0, 0.05) is 10.8 Å². The summed E-state index contributed by atoms with van der Waals surface area (Å²) in [6.45, 7) is 14.1. The molecule has 164 valence electrons. The highest BCUT2D eigenvalue weighted by molar-refractivity contribution is 7.11. The van der Waals surface area contributed by atoms with Gasteiger partial charge in [-0.1, -0.05) is 119 Å². The van der Waals surface area contributed by atoms with Gasteiger partial charge in [-0.2, -0.15) is 0 Å². The first-order valence-corrected chi connectivity index (χ1v) is 13.1. The Bertz CT molecular complexity index is 494. The van der Waals surface area contributed by atoms with Crippen molar-refractivity contribution in [2.24, 2.45) is 0 Å². The molecule has 0 bridgehead atoms. The minimum atomic E-state index is 0.162. The topological polar surface area (TPSA) is 25.8 Å². The summed E-state index contributed by atoms with van der Waals surface area (Å²) in [6.07, 6.45) is 19.8. The second-order valence-electron chi connectivity index (χ2n) is 9.79. The second-order valence-corrected chi connectivity index (χ2v) is 10.8. The van der Waals surface area contributed by atoms with Crippen LogP contribution < -0.4 is 0 Å². The third-order valence-corrected chi connectivity index (χ3v) is 7.94. The number of unbranched alkanes of at least 4 members (excludes halogenated alkanes) is 9. The predicted octanol–water partition coefficient (Wildman–Crippen LogP) is 8.98. The van der Waals surface area contributed by atoms with Gasteiger partial charge in [0.05, 0.1) is 0 Å². The van der Waals surface area contributed by atoms with Crippen molar-refractivity contribution in [3.05, 3.63) is 10.0 Å². The summed E-state index contributed by atoms with van der Waals surface area (Å²) in [4.78, 5) is 0. The maximum atomic E-state index is 4.77. The van der Waals surface area contributed by atoms with Gasteiger partial charge in [-0.3, -0.25) is 0 Å². The molecule has 1 aromatic heterocycles. The van der Waals surface area contributed by atoms with Gasteiger partial charge >= 0.3 is 0 Å². The Morgan fingerprint density at radius 3 is 1.46 bits per heavy atom. The highest BCUT2D eigenvalue weighted by Crippen LogP contribution is 2.40. The fourth-order valence-electron chi connectivity index (χ4n) is 4.06. The van der Waals surface area contributed by atoms with E-state index in [0.29, 0.717) is 0 Å². The van der Waals surface area contributed by atoms with Crippen molar-refractivity contribution in [1.29, 1.82) is 0 Å². The molecule has 3 heteroatoms. The lowest BCUT2D eigenvalue weighted by molar-refractivity contribution is 0.360. The van der Waals surface area contributed by atoms with E-state index >= 15 is 0 Å². The van der Waals surface area contributed by atoms with Crippen molar-refractivity contribution in [2.45, 2.75) is 149 Å². The Balaban J connectivity index is 2.79. The van der Waals surface area contributed by atoms with Gasteiger partial charge in [-0.15, -0.1) is 21.5 Å². The second kappa shape index (κ2) is 13.7. The van der Waals surface area contributed by atoms with Gasteiger partial charge in [0.15, 0.2) is 0 Å². The summed E-state index contributed by atoms with van der Waals surface area (Å²) in [6, 6.07) is 0. The molecular formula is C25H48N2S. The van der Waals surface area contributed by atoms with E-state index in [2.05, 4.69) is 41.5 Å². The third-order valence-electron chi connectivity index (χ3n) is 6.34. The first kappa shape index (κ1) is 25.6. The summed E-state index contributed by atoms with van der Waals surface area (Å²) in [5.41, 5.74) is 0.380. The Morgan fingerprint density at radius 2 is 1.00 bits per heavy atom. The van der Waals surface area contributed by atoms with Crippen LogP contribution >= 0.6 is 11.3 Å². The molecule has 0 saturated heterocycles. The molecule has 0 aliphatic heterocycles. The largest absolute Gasteiger partial charge is 0.143 e. The molecule has 0 N–H and O–H groups in total. The summed E-state index contributed by atoms with van der Waals surface area (Å²) in [5.74, 6) is 0. The zero-order valence-electron chi connectivity index (χ0n) is 19.9. The van der Waals surface area contributed by atoms with Crippen molar-refractivity contribution >= 4 is 11.3 Å². The monoisotopic (exact) mass is 408 g/mol. The maximum absolute atomic E-state index is 4.77.